The van der Waals surface area contributed by atoms with Crippen LogP contribution < -0.4 is 10.1 Å². The second-order valence-electron chi connectivity index (χ2n) is 4.75. The highest BCUT2D eigenvalue weighted by atomic mass is 16.5. The van der Waals surface area contributed by atoms with Crippen LogP contribution in [0, 0.1) is 6.92 Å². The number of aryl methyl sites for hydroxylation is 1. The summed E-state index contributed by atoms with van der Waals surface area (Å²) in [7, 11) is 0. The van der Waals surface area contributed by atoms with Crippen LogP contribution in [0.15, 0.2) is 42.5 Å². The van der Waals surface area contributed by atoms with Crippen molar-refractivity contribution in [1.29, 1.82) is 0 Å². The van der Waals surface area contributed by atoms with Gasteiger partial charge in [-0.2, -0.15) is 0 Å². The van der Waals surface area contributed by atoms with Crippen LogP contribution in [0.25, 0.3) is 0 Å². The molecular weight excluding hydrogens is 270 g/mol. The number of hydrogen-bond acceptors (Lipinski definition) is 4. The Morgan fingerprint density at radius 3 is 2.52 bits per heavy atom. The van der Waals surface area contributed by atoms with Gasteiger partial charge in [0, 0.05) is 0 Å². The van der Waals surface area contributed by atoms with Gasteiger partial charge < -0.3 is 4.74 Å². The summed E-state index contributed by atoms with van der Waals surface area (Å²) in [6.07, 6.45) is 0. The maximum atomic E-state index is 12.1. The molecule has 104 valence electrons. The molecule has 3 rings (SSSR count). The second-order valence-corrected chi connectivity index (χ2v) is 4.75. The molecule has 0 aliphatic carbocycles. The fourth-order valence-electron chi connectivity index (χ4n) is 2.14. The van der Waals surface area contributed by atoms with Gasteiger partial charge in [0.15, 0.2) is 0 Å². The average Bonchev–Trinajstić information content (AvgIpc) is 2.73. The molecule has 5 nitrogen and oxygen atoms in total. The molecule has 5 heteroatoms. The van der Waals surface area contributed by atoms with Crippen molar-refractivity contribution in [2.75, 3.05) is 0 Å². The Bertz CT molecular complexity index is 780. The standard InChI is InChI=1S/C16H11NO4/c1-9-3-2-4-11(7-9)21-16(20)10-5-6-12-13(8-10)15(19)17-14(12)18/h2-8H,1H3,(H,17,18,19). The number of benzene rings is 2. The summed E-state index contributed by atoms with van der Waals surface area (Å²) < 4.78 is 5.25. The third kappa shape index (κ3) is 2.41. The molecule has 0 bridgehead atoms. The predicted molar refractivity (Wildman–Crippen MR) is 74.4 cm³/mol. The van der Waals surface area contributed by atoms with Crippen LogP contribution in [0.5, 0.6) is 5.75 Å². The fourth-order valence-corrected chi connectivity index (χ4v) is 2.14. The molecule has 0 atom stereocenters. The summed E-state index contributed by atoms with van der Waals surface area (Å²) in [5, 5.41) is 2.18. The van der Waals surface area contributed by atoms with Gasteiger partial charge in [0.1, 0.15) is 5.75 Å². The highest BCUT2D eigenvalue weighted by Crippen LogP contribution is 2.19. The van der Waals surface area contributed by atoms with Crippen molar-refractivity contribution in [1.82, 2.24) is 5.32 Å². The summed E-state index contributed by atoms with van der Waals surface area (Å²) in [6, 6.07) is 11.4. The van der Waals surface area contributed by atoms with E-state index < -0.39 is 17.8 Å². The molecule has 1 heterocycles. The largest absolute Gasteiger partial charge is 0.423 e. The van der Waals surface area contributed by atoms with Crippen LogP contribution >= 0.6 is 0 Å². The highest BCUT2D eigenvalue weighted by Gasteiger charge is 2.27. The maximum Gasteiger partial charge on any atom is 0.343 e. The van der Waals surface area contributed by atoms with E-state index in [4.69, 9.17) is 4.74 Å². The second kappa shape index (κ2) is 4.86. The van der Waals surface area contributed by atoms with Gasteiger partial charge in [-0.1, -0.05) is 12.1 Å². The monoisotopic (exact) mass is 281 g/mol. The van der Waals surface area contributed by atoms with E-state index in [1.54, 1.807) is 18.2 Å². The van der Waals surface area contributed by atoms with E-state index in [9.17, 15) is 14.4 Å². The number of fused-ring (bicyclic) bond motifs is 1. The summed E-state index contributed by atoms with van der Waals surface area (Å²) in [4.78, 5) is 35.1. The molecule has 2 amide bonds. The number of ether oxygens (including phenoxy) is 1. The molecule has 2 aromatic rings. The normalized spacial score (nSPS) is 12.8. The third-order valence-electron chi connectivity index (χ3n) is 3.17. The molecule has 0 saturated heterocycles. The lowest BCUT2D eigenvalue weighted by Crippen LogP contribution is -2.19. The number of carbonyl (C=O) groups excluding carboxylic acids is 3. The zero-order valence-corrected chi connectivity index (χ0v) is 11.2. The molecule has 0 radical (unpaired) electrons. The number of amides is 2. The number of carbonyl (C=O) groups is 3. The first-order valence-corrected chi connectivity index (χ1v) is 6.33. The molecule has 0 aromatic heterocycles. The van der Waals surface area contributed by atoms with Crippen molar-refractivity contribution < 1.29 is 19.1 Å². The number of hydrogen-bond donors (Lipinski definition) is 1. The summed E-state index contributed by atoms with van der Waals surface area (Å²) in [5.74, 6) is -1.09. The lowest BCUT2D eigenvalue weighted by atomic mass is 10.1. The zero-order chi connectivity index (χ0) is 15.0. The molecule has 1 aliphatic heterocycles. The SMILES string of the molecule is Cc1cccc(OC(=O)c2ccc3c(c2)C(=O)NC3=O)c1. The fraction of sp³-hybridized carbons (Fsp3) is 0.0625. The lowest BCUT2D eigenvalue weighted by Gasteiger charge is -2.05. The van der Waals surface area contributed by atoms with E-state index in [0.29, 0.717) is 5.75 Å². The quantitative estimate of drug-likeness (QED) is 0.520. The first-order valence-electron chi connectivity index (χ1n) is 6.33. The number of esters is 1. The van der Waals surface area contributed by atoms with Gasteiger partial charge in [-0.15, -0.1) is 0 Å². The van der Waals surface area contributed by atoms with Crippen molar-refractivity contribution in [2.45, 2.75) is 6.92 Å². The molecule has 1 aliphatic rings. The minimum atomic E-state index is -0.574. The van der Waals surface area contributed by atoms with E-state index in [-0.39, 0.29) is 16.7 Å². The van der Waals surface area contributed by atoms with Crippen LogP contribution in [0.2, 0.25) is 0 Å². The van der Waals surface area contributed by atoms with Crippen molar-refractivity contribution in [3.63, 3.8) is 0 Å². The van der Waals surface area contributed by atoms with Crippen LogP contribution in [0.3, 0.4) is 0 Å². The van der Waals surface area contributed by atoms with Crippen LogP contribution in [-0.4, -0.2) is 17.8 Å². The Labute approximate surface area is 120 Å². The highest BCUT2D eigenvalue weighted by molar-refractivity contribution is 6.22. The van der Waals surface area contributed by atoms with E-state index in [1.165, 1.54) is 18.2 Å². The van der Waals surface area contributed by atoms with Crippen molar-refractivity contribution in [3.8, 4) is 5.75 Å². The van der Waals surface area contributed by atoms with Gasteiger partial charge in [-0.05, 0) is 42.8 Å². The molecule has 0 fully saturated rings. The summed E-state index contributed by atoms with van der Waals surface area (Å²) >= 11 is 0. The molecule has 0 saturated carbocycles. The number of imide groups is 1. The Morgan fingerprint density at radius 1 is 1.00 bits per heavy atom. The van der Waals surface area contributed by atoms with Crippen LogP contribution in [0.1, 0.15) is 36.6 Å². The number of rotatable bonds is 2. The van der Waals surface area contributed by atoms with Crippen LogP contribution in [0.4, 0.5) is 0 Å². The summed E-state index contributed by atoms with van der Waals surface area (Å²) in [5.41, 5.74) is 1.66. The molecule has 1 N–H and O–H groups in total. The third-order valence-corrected chi connectivity index (χ3v) is 3.17. The molecule has 0 spiro atoms. The van der Waals surface area contributed by atoms with E-state index in [2.05, 4.69) is 5.32 Å². The first-order chi connectivity index (χ1) is 10.0. The van der Waals surface area contributed by atoms with E-state index in [1.807, 2.05) is 13.0 Å². The Balaban J connectivity index is 1.88. The van der Waals surface area contributed by atoms with Gasteiger partial charge in [-0.3, -0.25) is 14.9 Å². The molecule has 0 unspecified atom stereocenters. The minimum Gasteiger partial charge on any atom is -0.423 e. The van der Waals surface area contributed by atoms with E-state index >= 15 is 0 Å². The smallest absolute Gasteiger partial charge is 0.343 e. The first kappa shape index (κ1) is 13.1. The molecule has 2 aromatic carbocycles. The number of nitrogens with one attached hydrogen (secondary N) is 1. The Morgan fingerprint density at radius 2 is 1.76 bits per heavy atom. The lowest BCUT2D eigenvalue weighted by molar-refractivity contribution is 0.0734. The van der Waals surface area contributed by atoms with Gasteiger partial charge in [-0.25, -0.2) is 4.79 Å². The predicted octanol–water partition coefficient (Wildman–Crippen LogP) is 2.10. The van der Waals surface area contributed by atoms with Crippen molar-refractivity contribution in [3.05, 3.63) is 64.7 Å². The van der Waals surface area contributed by atoms with Gasteiger partial charge in [0.25, 0.3) is 11.8 Å². The Hall–Kier alpha value is -2.95. The van der Waals surface area contributed by atoms with Gasteiger partial charge >= 0.3 is 5.97 Å². The maximum absolute atomic E-state index is 12.1. The topological polar surface area (TPSA) is 72.5 Å². The molecular formula is C16H11NO4. The summed E-state index contributed by atoms with van der Waals surface area (Å²) in [6.45, 7) is 1.89. The van der Waals surface area contributed by atoms with E-state index in [0.717, 1.165) is 5.56 Å². The van der Waals surface area contributed by atoms with Gasteiger partial charge in [0.2, 0.25) is 0 Å². The van der Waals surface area contributed by atoms with Gasteiger partial charge in [0.05, 0.1) is 16.7 Å². The Kier molecular flexibility index (Phi) is 3.02. The minimum absolute atomic E-state index is 0.193. The average molecular weight is 281 g/mol. The molecule has 21 heavy (non-hydrogen) atoms. The van der Waals surface area contributed by atoms with Crippen molar-refractivity contribution in [2.24, 2.45) is 0 Å². The van der Waals surface area contributed by atoms with Crippen molar-refractivity contribution >= 4 is 17.8 Å². The van der Waals surface area contributed by atoms with Crippen LogP contribution in [-0.2, 0) is 0 Å². The zero-order valence-electron chi connectivity index (χ0n) is 11.2.